The molecule has 3 heterocycles. The van der Waals surface area contributed by atoms with E-state index in [-0.39, 0.29) is 29.9 Å². The van der Waals surface area contributed by atoms with E-state index in [9.17, 15) is 18.0 Å². The largest absolute Gasteiger partial charge is 0.410 e. The molecule has 0 aliphatic carbocycles. The molecule has 1 fully saturated rings. The van der Waals surface area contributed by atoms with Gasteiger partial charge in [-0.05, 0) is 43.4 Å². The van der Waals surface area contributed by atoms with Gasteiger partial charge < -0.3 is 10.2 Å². The van der Waals surface area contributed by atoms with Crippen molar-refractivity contribution in [3.05, 3.63) is 46.6 Å². The summed E-state index contributed by atoms with van der Waals surface area (Å²) in [6.07, 6.45) is -1.00. The summed E-state index contributed by atoms with van der Waals surface area (Å²) in [5.41, 5.74) is 0.764. The molecule has 3 atom stereocenters. The van der Waals surface area contributed by atoms with Gasteiger partial charge in [-0.2, -0.15) is 18.3 Å². The van der Waals surface area contributed by atoms with Crippen molar-refractivity contribution in [1.82, 2.24) is 14.7 Å². The smallest absolute Gasteiger partial charge is 0.363 e. The number of fused-ring (bicyclic) bond motifs is 1. The molecule has 1 N–H and O–H groups in total. The third-order valence-electron chi connectivity index (χ3n) is 6.04. The zero-order chi connectivity index (χ0) is 21.5. The van der Waals surface area contributed by atoms with Crippen LogP contribution in [-0.2, 0) is 0 Å². The quantitative estimate of drug-likeness (QED) is 0.675. The molecule has 0 bridgehead atoms. The normalized spacial score (nSPS) is 24.3. The molecule has 0 unspecified atom stereocenters. The number of hydrogen-bond acceptors (Lipinski definition) is 3. The fourth-order valence-corrected chi connectivity index (χ4v) is 4.56. The number of piperidine rings is 1. The van der Waals surface area contributed by atoms with Crippen LogP contribution in [0.25, 0.3) is 0 Å². The first-order valence-corrected chi connectivity index (χ1v) is 10.6. The third-order valence-corrected chi connectivity index (χ3v) is 6.29. The number of hydrogen-bond donors (Lipinski definition) is 1. The number of nitrogens with zero attached hydrogens (tertiary/aromatic N) is 3. The molecule has 1 aromatic heterocycles. The van der Waals surface area contributed by atoms with Crippen molar-refractivity contribution in [2.45, 2.75) is 63.3 Å². The van der Waals surface area contributed by atoms with Gasteiger partial charge in [-0.1, -0.05) is 30.7 Å². The minimum Gasteiger partial charge on any atom is -0.363 e. The van der Waals surface area contributed by atoms with Gasteiger partial charge in [-0.15, -0.1) is 0 Å². The van der Waals surface area contributed by atoms with Gasteiger partial charge in [0.1, 0.15) is 5.82 Å². The van der Waals surface area contributed by atoms with Crippen molar-refractivity contribution in [3.63, 3.8) is 0 Å². The lowest BCUT2D eigenvalue weighted by Gasteiger charge is -2.34. The van der Waals surface area contributed by atoms with Crippen molar-refractivity contribution in [2.75, 3.05) is 11.9 Å². The van der Waals surface area contributed by atoms with Crippen molar-refractivity contribution in [1.29, 1.82) is 0 Å². The maximum Gasteiger partial charge on any atom is 0.410 e. The van der Waals surface area contributed by atoms with E-state index in [1.165, 1.54) is 6.07 Å². The maximum absolute atomic E-state index is 13.8. The summed E-state index contributed by atoms with van der Waals surface area (Å²) in [4.78, 5) is 14.8. The summed E-state index contributed by atoms with van der Waals surface area (Å²) in [5, 5.41) is 7.75. The molecule has 1 amide bonds. The number of carbonyl (C=O) groups excluding carboxylic acids is 1. The monoisotopic (exact) mass is 440 g/mol. The van der Waals surface area contributed by atoms with E-state index in [4.69, 9.17) is 11.6 Å². The molecule has 0 saturated carbocycles. The van der Waals surface area contributed by atoms with E-state index < -0.39 is 18.3 Å². The number of amides is 1. The lowest BCUT2D eigenvalue weighted by atomic mass is 9.97. The molecule has 162 valence electrons. The Hall–Kier alpha value is -2.22. The van der Waals surface area contributed by atoms with E-state index in [0.29, 0.717) is 17.1 Å². The van der Waals surface area contributed by atoms with Gasteiger partial charge in [0, 0.05) is 30.1 Å². The number of benzene rings is 1. The highest BCUT2D eigenvalue weighted by atomic mass is 35.5. The predicted molar refractivity (Wildman–Crippen MR) is 109 cm³/mol. The molecular formula is C21H24ClF3N4O. The summed E-state index contributed by atoms with van der Waals surface area (Å²) >= 11 is 5.91. The molecule has 4 rings (SSSR count). The second-order valence-corrected chi connectivity index (χ2v) is 8.39. The number of nitrogens with one attached hydrogen (secondary N) is 1. The Morgan fingerprint density at radius 3 is 2.67 bits per heavy atom. The second kappa shape index (κ2) is 8.13. The van der Waals surface area contributed by atoms with Gasteiger partial charge in [0.05, 0.1) is 6.04 Å². The standard InChI is InChI=1S/C21H24ClF3N4O/c1-2-15-5-3-4-10-28(15)20(30)17-12-19-26-16(13-6-8-14(22)9-7-13)11-18(21(23,24)25)29(19)27-17/h6-9,12,15-16,18,26H,2-5,10-11H2,1H3/t15-,16+,18-/m1/s1. The Balaban J connectivity index is 1.66. The SMILES string of the molecule is CC[C@@H]1CCCCN1C(=O)c1cc2n(n1)[C@@H](C(F)(F)F)C[C@@H](c1ccc(Cl)cc1)N2. The van der Waals surface area contributed by atoms with Crippen LogP contribution < -0.4 is 5.32 Å². The Bertz CT molecular complexity index is 912. The van der Waals surface area contributed by atoms with E-state index in [2.05, 4.69) is 10.4 Å². The molecule has 30 heavy (non-hydrogen) atoms. The van der Waals surface area contributed by atoms with Gasteiger partial charge in [-0.25, -0.2) is 4.68 Å². The van der Waals surface area contributed by atoms with Gasteiger partial charge in [-0.3, -0.25) is 4.79 Å². The van der Waals surface area contributed by atoms with Crippen molar-refractivity contribution < 1.29 is 18.0 Å². The summed E-state index contributed by atoms with van der Waals surface area (Å²) < 4.78 is 42.5. The zero-order valence-corrected chi connectivity index (χ0v) is 17.4. The highest BCUT2D eigenvalue weighted by molar-refractivity contribution is 6.30. The molecule has 1 aromatic carbocycles. The van der Waals surface area contributed by atoms with Gasteiger partial charge >= 0.3 is 6.18 Å². The number of alkyl halides is 3. The molecular weight excluding hydrogens is 417 g/mol. The minimum absolute atomic E-state index is 0.0591. The number of carbonyl (C=O) groups is 1. The zero-order valence-electron chi connectivity index (χ0n) is 16.6. The van der Waals surface area contributed by atoms with E-state index in [0.717, 1.165) is 30.4 Å². The Morgan fingerprint density at radius 1 is 1.27 bits per heavy atom. The molecule has 2 aromatic rings. The molecule has 2 aliphatic heterocycles. The predicted octanol–water partition coefficient (Wildman–Crippen LogP) is 5.60. The van der Waals surface area contributed by atoms with Crippen LogP contribution in [0.4, 0.5) is 19.0 Å². The third kappa shape index (κ3) is 4.02. The number of halogens is 4. The van der Waals surface area contributed by atoms with E-state index in [1.54, 1.807) is 29.2 Å². The van der Waals surface area contributed by atoms with Gasteiger partial charge in [0.15, 0.2) is 11.7 Å². The number of rotatable bonds is 3. The Labute approximate surface area is 178 Å². The molecule has 2 aliphatic rings. The summed E-state index contributed by atoms with van der Waals surface area (Å²) in [5.74, 6) is -0.0915. The highest BCUT2D eigenvalue weighted by Gasteiger charge is 2.47. The Morgan fingerprint density at radius 2 is 2.00 bits per heavy atom. The van der Waals surface area contributed by atoms with Crippen LogP contribution in [0.1, 0.15) is 67.2 Å². The average Bonchev–Trinajstić information content (AvgIpc) is 3.16. The van der Waals surface area contributed by atoms with Crippen molar-refractivity contribution in [3.8, 4) is 0 Å². The Kier molecular flexibility index (Phi) is 5.70. The fraction of sp³-hybridized carbons (Fsp3) is 0.524. The lowest BCUT2D eigenvalue weighted by molar-refractivity contribution is -0.173. The van der Waals surface area contributed by atoms with Crippen LogP contribution in [0.2, 0.25) is 5.02 Å². The highest BCUT2D eigenvalue weighted by Crippen LogP contribution is 2.43. The topological polar surface area (TPSA) is 50.2 Å². The van der Waals surface area contributed by atoms with Crippen LogP contribution in [0.5, 0.6) is 0 Å². The summed E-state index contributed by atoms with van der Waals surface area (Å²) in [7, 11) is 0. The van der Waals surface area contributed by atoms with E-state index in [1.807, 2.05) is 6.92 Å². The molecule has 5 nitrogen and oxygen atoms in total. The van der Waals surface area contributed by atoms with Crippen LogP contribution in [0, 0.1) is 0 Å². The average molecular weight is 441 g/mol. The molecule has 0 spiro atoms. The fourth-order valence-electron chi connectivity index (χ4n) is 4.43. The molecule has 1 saturated heterocycles. The van der Waals surface area contributed by atoms with Gasteiger partial charge in [0.2, 0.25) is 0 Å². The minimum atomic E-state index is -4.48. The summed E-state index contributed by atoms with van der Waals surface area (Å²) in [6.45, 7) is 2.63. The second-order valence-electron chi connectivity index (χ2n) is 7.96. The first-order valence-electron chi connectivity index (χ1n) is 10.3. The van der Waals surface area contributed by atoms with Gasteiger partial charge in [0.25, 0.3) is 5.91 Å². The number of aromatic nitrogens is 2. The molecule has 9 heteroatoms. The van der Waals surface area contributed by atoms with Crippen LogP contribution in [0.15, 0.2) is 30.3 Å². The summed E-state index contributed by atoms with van der Waals surface area (Å²) in [6, 6.07) is 5.93. The van der Waals surface area contributed by atoms with Crippen LogP contribution in [-0.4, -0.2) is 39.4 Å². The molecule has 0 radical (unpaired) electrons. The lowest BCUT2D eigenvalue weighted by Crippen LogP contribution is -2.43. The number of anilines is 1. The van der Waals surface area contributed by atoms with Crippen molar-refractivity contribution >= 4 is 23.3 Å². The number of likely N-dealkylation sites (tertiary alicyclic amines) is 1. The first kappa shape index (κ1) is 21.0. The first-order chi connectivity index (χ1) is 14.3. The maximum atomic E-state index is 13.8. The van der Waals surface area contributed by atoms with Crippen LogP contribution >= 0.6 is 11.6 Å². The van der Waals surface area contributed by atoms with Crippen LogP contribution in [0.3, 0.4) is 0 Å². The van der Waals surface area contributed by atoms with Crippen molar-refractivity contribution in [2.24, 2.45) is 0 Å². The van der Waals surface area contributed by atoms with E-state index >= 15 is 0 Å².